The van der Waals surface area contributed by atoms with E-state index in [0.717, 1.165) is 24.0 Å². The highest BCUT2D eigenvalue weighted by molar-refractivity contribution is 7.89. The summed E-state index contributed by atoms with van der Waals surface area (Å²) in [5.74, 6) is -0.416. The standard InChI is InChI=1S/C22H23ClN4O3S/c23-21-8-7-19(31(29,30)27-11-1-2-12-27)14-20(21)22(28)24-15-17-5-3-6-18(13-17)16-26-10-4-9-25-26/h3-10,13-14H,1-2,11-12,15-16H2,(H,24,28). The lowest BCUT2D eigenvalue weighted by atomic mass is 10.1. The molecule has 0 atom stereocenters. The lowest BCUT2D eigenvalue weighted by Crippen LogP contribution is -2.28. The Bertz CT molecular complexity index is 1170. The molecule has 7 nitrogen and oxygen atoms in total. The van der Waals surface area contributed by atoms with Gasteiger partial charge in [-0.1, -0.05) is 35.9 Å². The molecule has 1 fully saturated rings. The molecule has 9 heteroatoms. The zero-order valence-corrected chi connectivity index (χ0v) is 18.4. The van der Waals surface area contributed by atoms with Gasteiger partial charge in [0.05, 0.1) is 22.0 Å². The fourth-order valence-electron chi connectivity index (χ4n) is 3.61. The highest BCUT2D eigenvalue weighted by atomic mass is 35.5. The Morgan fingerprint density at radius 1 is 1.06 bits per heavy atom. The number of aromatic nitrogens is 2. The van der Waals surface area contributed by atoms with Crippen LogP contribution in [0.5, 0.6) is 0 Å². The predicted molar refractivity (Wildman–Crippen MR) is 118 cm³/mol. The molecule has 2 heterocycles. The number of amides is 1. The Morgan fingerprint density at radius 2 is 1.84 bits per heavy atom. The van der Waals surface area contributed by atoms with Gasteiger partial charge in [0.2, 0.25) is 10.0 Å². The van der Waals surface area contributed by atoms with Crippen LogP contribution < -0.4 is 5.32 Å². The first-order valence-corrected chi connectivity index (χ1v) is 11.9. The first-order valence-electron chi connectivity index (χ1n) is 10.1. The summed E-state index contributed by atoms with van der Waals surface area (Å²) >= 11 is 6.21. The predicted octanol–water partition coefficient (Wildman–Crippen LogP) is 3.30. The number of hydrogen-bond acceptors (Lipinski definition) is 4. The molecule has 0 aliphatic carbocycles. The Hall–Kier alpha value is -2.68. The van der Waals surface area contributed by atoms with Gasteiger partial charge in [-0.05, 0) is 48.2 Å². The molecule has 1 aliphatic heterocycles. The topological polar surface area (TPSA) is 84.3 Å². The monoisotopic (exact) mass is 458 g/mol. The van der Waals surface area contributed by atoms with Crippen LogP contribution in [-0.2, 0) is 23.1 Å². The van der Waals surface area contributed by atoms with Crippen molar-refractivity contribution < 1.29 is 13.2 Å². The van der Waals surface area contributed by atoms with Crippen LogP contribution in [0, 0.1) is 0 Å². The molecule has 4 rings (SSSR count). The van der Waals surface area contributed by atoms with Crippen LogP contribution in [0.1, 0.15) is 34.3 Å². The highest BCUT2D eigenvalue weighted by Crippen LogP contribution is 2.25. The maximum atomic E-state index is 12.8. The van der Waals surface area contributed by atoms with Gasteiger partial charge in [0, 0.05) is 32.0 Å². The van der Waals surface area contributed by atoms with Gasteiger partial charge in [-0.2, -0.15) is 9.40 Å². The molecule has 162 valence electrons. The van der Waals surface area contributed by atoms with Crippen molar-refractivity contribution in [2.45, 2.75) is 30.8 Å². The van der Waals surface area contributed by atoms with E-state index >= 15 is 0 Å². The SMILES string of the molecule is O=C(NCc1cccc(Cn2cccn2)c1)c1cc(S(=O)(=O)N2CCCC2)ccc1Cl. The Balaban J connectivity index is 1.46. The summed E-state index contributed by atoms with van der Waals surface area (Å²) in [7, 11) is -3.62. The maximum Gasteiger partial charge on any atom is 0.253 e. The molecule has 2 aromatic carbocycles. The van der Waals surface area contributed by atoms with Gasteiger partial charge in [0.1, 0.15) is 0 Å². The number of sulfonamides is 1. The van der Waals surface area contributed by atoms with Crippen molar-refractivity contribution in [3.05, 3.63) is 82.6 Å². The minimum atomic E-state index is -3.62. The largest absolute Gasteiger partial charge is 0.348 e. The molecule has 3 aromatic rings. The van der Waals surface area contributed by atoms with E-state index in [-0.39, 0.29) is 15.5 Å². The number of benzene rings is 2. The average molecular weight is 459 g/mol. The van der Waals surface area contributed by atoms with Crippen molar-refractivity contribution in [2.24, 2.45) is 0 Å². The molecular weight excluding hydrogens is 436 g/mol. The molecule has 1 aromatic heterocycles. The second kappa shape index (κ2) is 9.21. The zero-order chi connectivity index (χ0) is 21.8. The molecule has 31 heavy (non-hydrogen) atoms. The molecule has 1 N–H and O–H groups in total. The van der Waals surface area contributed by atoms with E-state index in [0.29, 0.717) is 26.2 Å². The Morgan fingerprint density at radius 3 is 2.58 bits per heavy atom. The van der Waals surface area contributed by atoms with Crippen LogP contribution in [0.25, 0.3) is 0 Å². The quantitative estimate of drug-likeness (QED) is 0.588. The van der Waals surface area contributed by atoms with Crippen LogP contribution >= 0.6 is 11.6 Å². The molecule has 0 radical (unpaired) electrons. The number of carbonyl (C=O) groups excluding carboxylic acids is 1. The molecule has 0 spiro atoms. The van der Waals surface area contributed by atoms with Crippen molar-refractivity contribution in [1.29, 1.82) is 0 Å². The molecule has 1 saturated heterocycles. The summed E-state index contributed by atoms with van der Waals surface area (Å²) in [6.07, 6.45) is 5.31. The normalized spacial score (nSPS) is 14.6. The third-order valence-corrected chi connectivity index (χ3v) is 7.46. The van der Waals surface area contributed by atoms with Crippen molar-refractivity contribution in [2.75, 3.05) is 13.1 Å². The van der Waals surface area contributed by atoms with E-state index < -0.39 is 15.9 Å². The van der Waals surface area contributed by atoms with E-state index in [2.05, 4.69) is 10.4 Å². The summed E-state index contributed by atoms with van der Waals surface area (Å²) in [5, 5.41) is 7.25. The number of rotatable bonds is 7. The van der Waals surface area contributed by atoms with Gasteiger partial charge in [-0.25, -0.2) is 8.42 Å². The van der Waals surface area contributed by atoms with Gasteiger partial charge in [-0.15, -0.1) is 0 Å². The van der Waals surface area contributed by atoms with E-state index in [4.69, 9.17) is 11.6 Å². The summed E-state index contributed by atoms with van der Waals surface area (Å²) < 4.78 is 28.9. The van der Waals surface area contributed by atoms with E-state index in [1.807, 2.05) is 41.2 Å². The Kier molecular flexibility index (Phi) is 6.41. The van der Waals surface area contributed by atoms with Gasteiger partial charge in [0.25, 0.3) is 5.91 Å². The van der Waals surface area contributed by atoms with E-state index in [1.54, 1.807) is 6.20 Å². The molecular formula is C22H23ClN4O3S. The molecule has 0 bridgehead atoms. The lowest BCUT2D eigenvalue weighted by Gasteiger charge is -2.16. The molecule has 0 unspecified atom stereocenters. The van der Waals surface area contributed by atoms with Gasteiger partial charge in [0.15, 0.2) is 0 Å². The second-order valence-corrected chi connectivity index (χ2v) is 9.80. The lowest BCUT2D eigenvalue weighted by molar-refractivity contribution is 0.0951. The molecule has 1 amide bonds. The number of halogens is 1. The third kappa shape index (κ3) is 4.98. The van der Waals surface area contributed by atoms with Crippen LogP contribution in [-0.4, -0.2) is 41.5 Å². The first kappa shape index (κ1) is 21.5. The zero-order valence-electron chi connectivity index (χ0n) is 16.9. The minimum Gasteiger partial charge on any atom is -0.348 e. The van der Waals surface area contributed by atoms with Crippen molar-refractivity contribution in [3.63, 3.8) is 0 Å². The van der Waals surface area contributed by atoms with Gasteiger partial charge >= 0.3 is 0 Å². The summed E-state index contributed by atoms with van der Waals surface area (Å²) in [4.78, 5) is 12.9. The number of carbonyl (C=O) groups is 1. The van der Waals surface area contributed by atoms with Crippen LogP contribution in [0.4, 0.5) is 0 Å². The van der Waals surface area contributed by atoms with E-state index in [9.17, 15) is 13.2 Å². The van der Waals surface area contributed by atoms with Gasteiger partial charge in [-0.3, -0.25) is 9.48 Å². The third-order valence-electron chi connectivity index (χ3n) is 5.23. The average Bonchev–Trinajstić information content (AvgIpc) is 3.47. The number of nitrogens with one attached hydrogen (secondary N) is 1. The summed E-state index contributed by atoms with van der Waals surface area (Å²) in [6, 6.07) is 14.0. The van der Waals surface area contributed by atoms with E-state index in [1.165, 1.54) is 22.5 Å². The van der Waals surface area contributed by atoms with Crippen molar-refractivity contribution in [3.8, 4) is 0 Å². The molecule has 0 saturated carbocycles. The smallest absolute Gasteiger partial charge is 0.253 e. The molecule has 1 aliphatic rings. The summed E-state index contributed by atoms with van der Waals surface area (Å²) in [5.41, 5.74) is 2.14. The second-order valence-electron chi connectivity index (χ2n) is 7.46. The highest BCUT2D eigenvalue weighted by Gasteiger charge is 2.28. The van der Waals surface area contributed by atoms with Crippen LogP contribution in [0.3, 0.4) is 0 Å². The fraction of sp³-hybridized carbons (Fsp3) is 0.273. The van der Waals surface area contributed by atoms with Crippen molar-refractivity contribution >= 4 is 27.5 Å². The fourth-order valence-corrected chi connectivity index (χ4v) is 5.36. The first-order chi connectivity index (χ1) is 14.9. The van der Waals surface area contributed by atoms with Crippen LogP contribution in [0.15, 0.2) is 65.8 Å². The van der Waals surface area contributed by atoms with Gasteiger partial charge < -0.3 is 5.32 Å². The maximum absolute atomic E-state index is 12.8. The number of nitrogens with zero attached hydrogens (tertiary/aromatic N) is 3. The Labute approximate surface area is 186 Å². The minimum absolute atomic E-state index is 0.0881. The van der Waals surface area contributed by atoms with Crippen molar-refractivity contribution in [1.82, 2.24) is 19.4 Å². The van der Waals surface area contributed by atoms with Crippen LogP contribution in [0.2, 0.25) is 5.02 Å². The number of hydrogen-bond donors (Lipinski definition) is 1. The summed E-state index contributed by atoms with van der Waals surface area (Å²) in [6.45, 7) is 1.94.